The average Bonchev–Trinajstić information content (AvgIpc) is 2.87. The molecule has 0 amide bonds. The van der Waals surface area contributed by atoms with Gasteiger partial charge in [-0.2, -0.15) is 5.26 Å². The van der Waals surface area contributed by atoms with Crippen LogP contribution in [0.5, 0.6) is 11.5 Å². The molecule has 9 heteroatoms. The number of ketones is 1. The third-order valence-corrected chi connectivity index (χ3v) is 7.80. The van der Waals surface area contributed by atoms with E-state index < -0.39 is 5.92 Å². The van der Waals surface area contributed by atoms with Gasteiger partial charge in [0.15, 0.2) is 17.3 Å². The van der Waals surface area contributed by atoms with E-state index >= 15 is 0 Å². The maximum atomic E-state index is 14.2. The molecule has 1 aliphatic carbocycles. The lowest BCUT2D eigenvalue weighted by Crippen LogP contribution is -2.43. The highest BCUT2D eigenvalue weighted by Crippen LogP contribution is 2.50. The standard InChI is InChI=1S/C30H33FIN3O4/c1-5-38-25-13-19(12-22(32)28(25)39-17-18-8-6-7-9-21(18)31)26-20(16-33)29(34)35(10-11-37-4)23-14-30(2,3)15-24(36)27(23)26/h6-9,12-13,26H,5,10-11,14-15,17,34H2,1-4H3/t26-/m1/s1. The van der Waals surface area contributed by atoms with Crippen LogP contribution in [0.25, 0.3) is 0 Å². The molecule has 0 bridgehead atoms. The number of halogens is 2. The van der Waals surface area contributed by atoms with Gasteiger partial charge in [-0.25, -0.2) is 4.39 Å². The molecule has 1 atom stereocenters. The van der Waals surface area contributed by atoms with Gasteiger partial charge in [0.05, 0.1) is 34.3 Å². The number of nitrogens with zero attached hydrogens (tertiary/aromatic N) is 2. The first kappa shape index (κ1) is 28.9. The normalized spacial score (nSPS) is 18.6. The molecule has 0 fully saturated rings. The smallest absolute Gasteiger partial charge is 0.174 e. The van der Waals surface area contributed by atoms with Crippen LogP contribution in [0.15, 0.2) is 59.1 Å². The predicted octanol–water partition coefficient (Wildman–Crippen LogP) is 5.79. The summed E-state index contributed by atoms with van der Waals surface area (Å²) < 4.78 is 32.2. The van der Waals surface area contributed by atoms with Crippen LogP contribution in [0, 0.1) is 26.1 Å². The second-order valence-electron chi connectivity index (χ2n) is 10.4. The van der Waals surface area contributed by atoms with E-state index in [1.165, 1.54) is 6.07 Å². The zero-order valence-corrected chi connectivity index (χ0v) is 24.8. The third-order valence-electron chi connectivity index (χ3n) is 7.00. The Bertz CT molecular complexity index is 1380. The molecule has 0 unspecified atom stereocenters. The Balaban J connectivity index is 1.83. The molecule has 0 saturated carbocycles. The summed E-state index contributed by atoms with van der Waals surface area (Å²) in [6.45, 7) is 7.23. The SMILES string of the molecule is CCOc1cc([C@@H]2C(C#N)=C(N)N(CCOC)C3=C2C(=O)CC(C)(C)C3)cc(I)c1OCc1ccccc1F. The molecule has 2 N–H and O–H groups in total. The van der Waals surface area contributed by atoms with Crippen molar-refractivity contribution in [1.29, 1.82) is 5.26 Å². The van der Waals surface area contributed by atoms with Crippen LogP contribution < -0.4 is 15.2 Å². The molecule has 2 aliphatic rings. The van der Waals surface area contributed by atoms with E-state index in [4.69, 9.17) is 19.9 Å². The molecule has 7 nitrogen and oxygen atoms in total. The summed E-state index contributed by atoms with van der Waals surface area (Å²) in [5.41, 5.74) is 9.26. The van der Waals surface area contributed by atoms with Gasteiger partial charge in [0.1, 0.15) is 18.2 Å². The lowest BCUT2D eigenvalue weighted by Gasteiger charge is -2.43. The number of allylic oxidation sites excluding steroid dienone is 3. The Labute approximate surface area is 242 Å². The van der Waals surface area contributed by atoms with Crippen molar-refractivity contribution in [2.45, 2.75) is 46.1 Å². The first-order chi connectivity index (χ1) is 18.6. The van der Waals surface area contributed by atoms with Crippen LogP contribution in [0.2, 0.25) is 0 Å². The average molecular weight is 646 g/mol. The van der Waals surface area contributed by atoms with Gasteiger partial charge in [-0.3, -0.25) is 4.79 Å². The van der Waals surface area contributed by atoms with Crippen molar-refractivity contribution in [1.82, 2.24) is 4.90 Å². The highest BCUT2D eigenvalue weighted by Gasteiger charge is 2.44. The van der Waals surface area contributed by atoms with Gasteiger partial charge < -0.3 is 24.8 Å². The molecule has 2 aromatic rings. The van der Waals surface area contributed by atoms with Crippen LogP contribution in [0.3, 0.4) is 0 Å². The molecule has 1 aliphatic heterocycles. The summed E-state index contributed by atoms with van der Waals surface area (Å²) in [6.07, 6.45) is 1.02. The molecule has 0 radical (unpaired) electrons. The lowest BCUT2D eigenvalue weighted by molar-refractivity contribution is -0.118. The van der Waals surface area contributed by atoms with E-state index in [1.54, 1.807) is 31.4 Å². The molecule has 0 saturated heterocycles. The van der Waals surface area contributed by atoms with E-state index in [0.717, 1.165) is 5.70 Å². The second kappa shape index (κ2) is 12.0. The number of hydrogen-bond donors (Lipinski definition) is 1. The van der Waals surface area contributed by atoms with Gasteiger partial charge >= 0.3 is 0 Å². The van der Waals surface area contributed by atoms with Crippen LogP contribution in [0.4, 0.5) is 4.39 Å². The maximum absolute atomic E-state index is 14.2. The Morgan fingerprint density at radius 3 is 2.64 bits per heavy atom. The van der Waals surface area contributed by atoms with Gasteiger partial charge in [-0.05, 0) is 65.1 Å². The summed E-state index contributed by atoms with van der Waals surface area (Å²) in [7, 11) is 1.61. The minimum Gasteiger partial charge on any atom is -0.490 e. The van der Waals surface area contributed by atoms with Gasteiger partial charge in [-0.1, -0.05) is 32.0 Å². The quantitative estimate of drug-likeness (QED) is 0.345. The Morgan fingerprint density at radius 1 is 1.23 bits per heavy atom. The molecule has 2 aromatic carbocycles. The zero-order valence-electron chi connectivity index (χ0n) is 22.6. The summed E-state index contributed by atoms with van der Waals surface area (Å²) in [5, 5.41) is 10.3. The second-order valence-corrected chi connectivity index (χ2v) is 11.6. The van der Waals surface area contributed by atoms with Crippen LogP contribution in [-0.4, -0.2) is 37.6 Å². The summed E-state index contributed by atoms with van der Waals surface area (Å²) >= 11 is 2.15. The fourth-order valence-electron chi connectivity index (χ4n) is 5.27. The molecular weight excluding hydrogens is 612 g/mol. The minimum atomic E-state index is -0.638. The number of carbonyl (C=O) groups is 1. The molecule has 39 heavy (non-hydrogen) atoms. The predicted molar refractivity (Wildman–Crippen MR) is 154 cm³/mol. The third kappa shape index (κ3) is 5.92. The first-order valence-electron chi connectivity index (χ1n) is 12.9. The van der Waals surface area contributed by atoms with Crippen molar-refractivity contribution >= 4 is 28.4 Å². The number of benzene rings is 2. The van der Waals surface area contributed by atoms with E-state index in [2.05, 4.69) is 42.5 Å². The molecule has 4 rings (SSSR count). The minimum absolute atomic E-state index is 0.00163. The van der Waals surface area contributed by atoms with Crippen LogP contribution >= 0.6 is 22.6 Å². The number of nitrogens with two attached hydrogens (primary N) is 1. The van der Waals surface area contributed by atoms with Gasteiger partial charge in [0.25, 0.3) is 0 Å². The zero-order chi connectivity index (χ0) is 28.3. The summed E-state index contributed by atoms with van der Waals surface area (Å²) in [6, 6.07) is 12.4. The van der Waals surface area contributed by atoms with Crippen molar-refractivity contribution in [3.05, 3.63) is 79.6 Å². The number of rotatable bonds is 9. The topological polar surface area (TPSA) is 97.8 Å². The monoisotopic (exact) mass is 645 g/mol. The summed E-state index contributed by atoms with van der Waals surface area (Å²) in [4.78, 5) is 15.6. The number of ether oxygens (including phenoxy) is 3. The van der Waals surface area contributed by atoms with Crippen molar-refractivity contribution in [2.24, 2.45) is 11.1 Å². The van der Waals surface area contributed by atoms with E-state index in [-0.39, 0.29) is 23.6 Å². The summed E-state index contributed by atoms with van der Waals surface area (Å²) in [5.74, 6) is 0.279. The van der Waals surface area contributed by atoms with Gasteiger partial charge in [0.2, 0.25) is 0 Å². The number of Topliss-reactive ketones (excluding diaryl/α,β-unsaturated/α-hetero) is 1. The van der Waals surface area contributed by atoms with E-state index in [1.807, 2.05) is 17.9 Å². The molecule has 206 valence electrons. The largest absolute Gasteiger partial charge is 0.490 e. The van der Waals surface area contributed by atoms with E-state index in [9.17, 15) is 14.4 Å². The van der Waals surface area contributed by atoms with E-state index in [0.29, 0.717) is 75.8 Å². The van der Waals surface area contributed by atoms with Crippen molar-refractivity contribution < 1.29 is 23.4 Å². The Morgan fingerprint density at radius 2 is 1.97 bits per heavy atom. The fraction of sp³-hybridized carbons (Fsp3) is 0.400. The first-order valence-corrected chi connectivity index (χ1v) is 13.9. The van der Waals surface area contributed by atoms with Crippen LogP contribution in [0.1, 0.15) is 50.7 Å². The van der Waals surface area contributed by atoms with Crippen molar-refractivity contribution in [3.8, 4) is 17.6 Å². The lowest BCUT2D eigenvalue weighted by atomic mass is 9.68. The number of methoxy groups -OCH3 is 1. The molecule has 0 spiro atoms. The number of hydrogen-bond acceptors (Lipinski definition) is 7. The van der Waals surface area contributed by atoms with Gasteiger partial charge in [0, 0.05) is 36.9 Å². The fourth-order valence-corrected chi connectivity index (χ4v) is 6.05. The van der Waals surface area contributed by atoms with Crippen LogP contribution in [-0.2, 0) is 16.1 Å². The molecule has 0 aromatic heterocycles. The highest BCUT2D eigenvalue weighted by atomic mass is 127. The van der Waals surface area contributed by atoms with Gasteiger partial charge in [-0.15, -0.1) is 0 Å². The maximum Gasteiger partial charge on any atom is 0.174 e. The van der Waals surface area contributed by atoms with Crippen molar-refractivity contribution in [2.75, 3.05) is 26.9 Å². The Hall–Kier alpha value is -3.10. The molecular formula is C30H33FIN3O4. The number of carbonyl (C=O) groups excluding carboxylic acids is 1. The molecule has 1 heterocycles. The Kier molecular flexibility index (Phi) is 8.86. The highest BCUT2D eigenvalue weighted by molar-refractivity contribution is 14.1. The van der Waals surface area contributed by atoms with Crippen molar-refractivity contribution in [3.63, 3.8) is 0 Å². The number of nitriles is 1.